The molecular weight excluding hydrogens is 502 g/mol. The van der Waals surface area contributed by atoms with Gasteiger partial charge in [-0.05, 0) is 71.2 Å². The maximum atomic E-state index is 13.1. The first-order valence-electron chi connectivity index (χ1n) is 12.9. The molecule has 7 nitrogen and oxygen atoms in total. The average molecular weight is 538 g/mol. The molecule has 3 aromatic carbocycles. The van der Waals surface area contributed by atoms with Crippen LogP contribution in [0.5, 0.6) is 11.5 Å². The van der Waals surface area contributed by atoms with Crippen LogP contribution in [0, 0.1) is 5.92 Å². The minimum Gasteiger partial charge on any atom is -0.497 e. The zero-order chi connectivity index (χ0) is 27.3. The second-order valence-corrected chi connectivity index (χ2v) is 11.8. The maximum absolute atomic E-state index is 13.1. The van der Waals surface area contributed by atoms with E-state index < -0.39 is 22.0 Å². The normalized spacial score (nSPS) is 14.9. The lowest BCUT2D eigenvalue weighted by Gasteiger charge is -2.20. The Morgan fingerprint density at radius 1 is 1.00 bits per heavy atom. The monoisotopic (exact) mass is 537 g/mol. The molecule has 0 heterocycles. The number of methoxy groups -OCH3 is 1. The van der Waals surface area contributed by atoms with E-state index in [0.29, 0.717) is 6.61 Å². The van der Waals surface area contributed by atoms with E-state index >= 15 is 0 Å². The van der Waals surface area contributed by atoms with E-state index in [1.165, 1.54) is 0 Å². The first kappa shape index (κ1) is 27.7. The Morgan fingerprint density at radius 3 is 2.32 bits per heavy atom. The average Bonchev–Trinajstić information content (AvgIpc) is 3.45. The number of aliphatic carboxylic acids is 1. The summed E-state index contributed by atoms with van der Waals surface area (Å²) in [5, 5.41) is 9.48. The number of carbonyl (C=O) groups is 1. The third kappa shape index (κ3) is 6.55. The molecular formula is C30H35NO6S. The Kier molecular flexibility index (Phi) is 8.74. The zero-order valence-corrected chi connectivity index (χ0v) is 22.8. The van der Waals surface area contributed by atoms with Crippen molar-refractivity contribution in [3.63, 3.8) is 0 Å². The van der Waals surface area contributed by atoms with Crippen molar-refractivity contribution in [3.8, 4) is 22.6 Å². The summed E-state index contributed by atoms with van der Waals surface area (Å²) in [7, 11) is -2.38. The van der Waals surface area contributed by atoms with Crippen molar-refractivity contribution in [2.75, 3.05) is 7.11 Å². The summed E-state index contributed by atoms with van der Waals surface area (Å²) in [6.45, 7) is 3.77. The van der Waals surface area contributed by atoms with E-state index in [1.54, 1.807) is 33.1 Å². The minimum absolute atomic E-state index is 0.0957. The van der Waals surface area contributed by atoms with Crippen LogP contribution >= 0.6 is 0 Å². The fraction of sp³-hybridized carbons (Fsp3) is 0.367. The number of carboxylic acids is 1. The lowest BCUT2D eigenvalue weighted by molar-refractivity contribution is -0.140. The summed E-state index contributed by atoms with van der Waals surface area (Å²) >= 11 is 0. The SMILES string of the molecule is COc1cccc(OCc2ccc(-c3ccc(S(=O)(=O)N[C@@H](C(=O)O)C(C)C)cc3C3CCCC3)cc2)c1. The van der Waals surface area contributed by atoms with Gasteiger partial charge in [-0.25, -0.2) is 8.42 Å². The van der Waals surface area contributed by atoms with Gasteiger partial charge < -0.3 is 14.6 Å². The van der Waals surface area contributed by atoms with Crippen LogP contribution < -0.4 is 14.2 Å². The second kappa shape index (κ2) is 12.0. The van der Waals surface area contributed by atoms with Gasteiger partial charge >= 0.3 is 5.97 Å². The van der Waals surface area contributed by atoms with Gasteiger partial charge in [0.05, 0.1) is 12.0 Å². The molecule has 1 saturated carbocycles. The molecule has 202 valence electrons. The summed E-state index contributed by atoms with van der Waals surface area (Å²) in [5.41, 5.74) is 3.99. The van der Waals surface area contributed by atoms with Gasteiger partial charge in [0.1, 0.15) is 24.1 Å². The predicted octanol–water partition coefficient (Wildman–Crippen LogP) is 5.99. The van der Waals surface area contributed by atoms with E-state index in [0.717, 1.165) is 59.4 Å². The number of ether oxygens (including phenoxy) is 2. The molecule has 1 fully saturated rings. The topological polar surface area (TPSA) is 102 Å². The van der Waals surface area contributed by atoms with Gasteiger partial charge in [0, 0.05) is 6.07 Å². The molecule has 0 radical (unpaired) electrons. The molecule has 1 atom stereocenters. The summed E-state index contributed by atoms with van der Waals surface area (Å²) < 4.78 is 39.8. The van der Waals surface area contributed by atoms with Crippen LogP contribution in [-0.4, -0.2) is 32.6 Å². The van der Waals surface area contributed by atoms with Crippen molar-refractivity contribution >= 4 is 16.0 Å². The van der Waals surface area contributed by atoms with Crippen LogP contribution in [-0.2, 0) is 21.4 Å². The van der Waals surface area contributed by atoms with Crippen LogP contribution in [0.15, 0.2) is 71.6 Å². The lowest BCUT2D eigenvalue weighted by atomic mass is 9.89. The molecule has 1 aliphatic carbocycles. The van der Waals surface area contributed by atoms with Crippen molar-refractivity contribution in [1.82, 2.24) is 4.72 Å². The van der Waals surface area contributed by atoms with Gasteiger partial charge in [-0.3, -0.25) is 4.79 Å². The Labute approximate surface area is 224 Å². The molecule has 1 aliphatic rings. The molecule has 0 aromatic heterocycles. The van der Waals surface area contributed by atoms with Crippen LogP contribution in [0.1, 0.15) is 56.6 Å². The standard InChI is InChI=1S/C30H35NO6S/c1-20(2)29(30(32)33)31-38(34,35)26-15-16-27(28(18-26)22-7-4-5-8-22)23-13-11-21(12-14-23)19-37-25-10-6-9-24(17-25)36-3/h6,9-18,20,22,29,31H,4-5,7-8,19H2,1-3H3,(H,32,33)/t29-/m1/s1. The zero-order valence-electron chi connectivity index (χ0n) is 22.0. The fourth-order valence-corrected chi connectivity index (χ4v) is 6.26. The Bertz CT molecular complexity index is 1360. The van der Waals surface area contributed by atoms with Gasteiger partial charge in [0.2, 0.25) is 10.0 Å². The third-order valence-corrected chi connectivity index (χ3v) is 8.49. The largest absolute Gasteiger partial charge is 0.497 e. The first-order chi connectivity index (χ1) is 18.2. The van der Waals surface area contributed by atoms with E-state index in [-0.39, 0.29) is 16.7 Å². The smallest absolute Gasteiger partial charge is 0.322 e. The molecule has 38 heavy (non-hydrogen) atoms. The predicted molar refractivity (Wildman–Crippen MR) is 147 cm³/mol. The highest BCUT2D eigenvalue weighted by Gasteiger charge is 2.29. The van der Waals surface area contributed by atoms with Gasteiger partial charge in [-0.15, -0.1) is 0 Å². The molecule has 0 spiro atoms. The van der Waals surface area contributed by atoms with Crippen LogP contribution in [0.3, 0.4) is 0 Å². The summed E-state index contributed by atoms with van der Waals surface area (Å²) in [5.74, 6) is 0.149. The van der Waals surface area contributed by atoms with E-state index in [2.05, 4.69) is 4.72 Å². The van der Waals surface area contributed by atoms with Gasteiger partial charge in [-0.1, -0.05) is 63.1 Å². The summed E-state index contributed by atoms with van der Waals surface area (Å²) in [4.78, 5) is 11.7. The van der Waals surface area contributed by atoms with Crippen LogP contribution in [0.25, 0.3) is 11.1 Å². The highest BCUT2D eigenvalue weighted by atomic mass is 32.2. The molecule has 0 amide bonds. The molecule has 8 heteroatoms. The van der Waals surface area contributed by atoms with E-state index in [4.69, 9.17) is 9.47 Å². The second-order valence-electron chi connectivity index (χ2n) is 10.1. The number of hydrogen-bond donors (Lipinski definition) is 2. The maximum Gasteiger partial charge on any atom is 0.322 e. The van der Waals surface area contributed by atoms with E-state index in [9.17, 15) is 18.3 Å². The minimum atomic E-state index is -4.00. The lowest BCUT2D eigenvalue weighted by Crippen LogP contribution is -2.44. The molecule has 0 aliphatic heterocycles. The van der Waals surface area contributed by atoms with Crippen molar-refractivity contribution < 1.29 is 27.8 Å². The molecule has 0 bridgehead atoms. The number of rotatable bonds is 11. The highest BCUT2D eigenvalue weighted by Crippen LogP contribution is 2.40. The van der Waals surface area contributed by atoms with Crippen molar-refractivity contribution in [2.45, 2.75) is 63.0 Å². The molecule has 0 unspecified atom stereocenters. The van der Waals surface area contributed by atoms with Crippen LogP contribution in [0.4, 0.5) is 0 Å². The number of hydrogen-bond acceptors (Lipinski definition) is 5. The fourth-order valence-electron chi connectivity index (χ4n) is 4.89. The number of carboxylic acid groups (broad SMARTS) is 1. The third-order valence-electron chi connectivity index (χ3n) is 7.05. The van der Waals surface area contributed by atoms with Gasteiger partial charge in [0.25, 0.3) is 0 Å². The molecule has 4 rings (SSSR count). The van der Waals surface area contributed by atoms with Gasteiger partial charge in [0.15, 0.2) is 0 Å². The number of benzene rings is 3. The first-order valence-corrected chi connectivity index (χ1v) is 14.4. The Balaban J connectivity index is 1.58. The molecule has 0 saturated heterocycles. The van der Waals surface area contributed by atoms with Gasteiger partial charge in [-0.2, -0.15) is 4.72 Å². The Morgan fingerprint density at radius 2 is 1.68 bits per heavy atom. The Hall–Kier alpha value is -3.36. The molecule has 3 aromatic rings. The summed E-state index contributed by atoms with van der Waals surface area (Å²) in [6.07, 6.45) is 4.21. The van der Waals surface area contributed by atoms with Crippen LogP contribution in [0.2, 0.25) is 0 Å². The quantitative estimate of drug-likeness (QED) is 0.312. The summed E-state index contributed by atoms with van der Waals surface area (Å²) in [6, 6.07) is 19.5. The van der Waals surface area contributed by atoms with Crippen molar-refractivity contribution in [3.05, 3.63) is 77.9 Å². The number of nitrogens with one attached hydrogen (secondary N) is 1. The number of sulfonamides is 1. The van der Waals surface area contributed by atoms with E-state index in [1.807, 2.05) is 54.6 Å². The van der Waals surface area contributed by atoms with Crippen molar-refractivity contribution in [1.29, 1.82) is 0 Å². The van der Waals surface area contributed by atoms with Crippen molar-refractivity contribution in [2.24, 2.45) is 5.92 Å². The molecule has 2 N–H and O–H groups in total. The highest BCUT2D eigenvalue weighted by molar-refractivity contribution is 7.89.